The van der Waals surface area contributed by atoms with E-state index in [-0.39, 0.29) is 5.54 Å². The molecule has 0 saturated carbocycles. The second-order valence-electron chi connectivity index (χ2n) is 4.56. The number of nitrogens with one attached hydrogen (secondary N) is 1. The summed E-state index contributed by atoms with van der Waals surface area (Å²) in [6, 6.07) is 7.67. The molecule has 0 aliphatic carbocycles. The molecule has 0 amide bonds. The highest BCUT2D eigenvalue weighted by molar-refractivity contribution is 6.22. The molecule has 0 fully saturated rings. The highest BCUT2D eigenvalue weighted by atomic mass is 35.5. The van der Waals surface area contributed by atoms with Crippen molar-refractivity contribution < 1.29 is 9.47 Å². The SMILES string of the molecule is CCOc1ccccc1OCCNC(CC)(CCl)CCl. The molecule has 1 aromatic rings. The molecule has 0 aliphatic heterocycles. The zero-order valence-corrected chi connectivity index (χ0v) is 13.6. The summed E-state index contributed by atoms with van der Waals surface area (Å²) in [5.74, 6) is 2.51. The van der Waals surface area contributed by atoms with Crippen molar-refractivity contribution in [1.82, 2.24) is 5.32 Å². The average molecular weight is 320 g/mol. The van der Waals surface area contributed by atoms with Crippen molar-refractivity contribution in [3.05, 3.63) is 24.3 Å². The van der Waals surface area contributed by atoms with Crippen molar-refractivity contribution in [2.75, 3.05) is 31.5 Å². The van der Waals surface area contributed by atoms with Crippen molar-refractivity contribution >= 4 is 23.2 Å². The van der Waals surface area contributed by atoms with E-state index in [1.807, 2.05) is 31.2 Å². The lowest BCUT2D eigenvalue weighted by atomic mass is 10.0. The van der Waals surface area contributed by atoms with Crippen LogP contribution < -0.4 is 14.8 Å². The summed E-state index contributed by atoms with van der Waals surface area (Å²) in [7, 11) is 0. The number of halogens is 2. The highest BCUT2D eigenvalue weighted by Gasteiger charge is 2.25. The summed E-state index contributed by atoms with van der Waals surface area (Å²) < 4.78 is 11.3. The van der Waals surface area contributed by atoms with E-state index in [1.165, 1.54) is 0 Å². The smallest absolute Gasteiger partial charge is 0.161 e. The van der Waals surface area contributed by atoms with Gasteiger partial charge in [0.1, 0.15) is 6.61 Å². The zero-order valence-electron chi connectivity index (χ0n) is 12.1. The van der Waals surface area contributed by atoms with Gasteiger partial charge in [-0.05, 0) is 25.5 Å². The summed E-state index contributed by atoms with van der Waals surface area (Å²) in [5, 5.41) is 3.37. The lowest BCUT2D eigenvalue weighted by Gasteiger charge is -2.29. The minimum Gasteiger partial charge on any atom is -0.490 e. The third kappa shape index (κ3) is 5.04. The van der Waals surface area contributed by atoms with E-state index < -0.39 is 0 Å². The van der Waals surface area contributed by atoms with Crippen LogP contribution in [-0.2, 0) is 0 Å². The lowest BCUT2D eigenvalue weighted by Crippen LogP contribution is -2.49. The fourth-order valence-electron chi connectivity index (χ4n) is 1.77. The van der Waals surface area contributed by atoms with Gasteiger partial charge >= 0.3 is 0 Å². The molecule has 0 unspecified atom stereocenters. The van der Waals surface area contributed by atoms with Crippen LogP contribution >= 0.6 is 23.2 Å². The third-order valence-electron chi connectivity index (χ3n) is 3.20. The van der Waals surface area contributed by atoms with Gasteiger partial charge in [0.25, 0.3) is 0 Å². The Morgan fingerprint density at radius 3 is 2.15 bits per heavy atom. The highest BCUT2D eigenvalue weighted by Crippen LogP contribution is 2.26. The van der Waals surface area contributed by atoms with Gasteiger partial charge in [-0.15, -0.1) is 23.2 Å². The first-order valence-electron chi connectivity index (χ1n) is 6.93. The summed E-state index contributed by atoms with van der Waals surface area (Å²) in [4.78, 5) is 0. The van der Waals surface area contributed by atoms with E-state index in [1.54, 1.807) is 0 Å². The molecule has 0 saturated heterocycles. The Morgan fingerprint density at radius 2 is 1.65 bits per heavy atom. The Bertz CT molecular complexity index is 376. The number of para-hydroxylation sites is 2. The van der Waals surface area contributed by atoms with E-state index in [2.05, 4.69) is 12.2 Å². The van der Waals surface area contributed by atoms with Crippen LogP contribution in [-0.4, -0.2) is 37.1 Å². The predicted molar refractivity (Wildman–Crippen MR) is 85.6 cm³/mol. The first-order valence-corrected chi connectivity index (χ1v) is 7.99. The number of alkyl halides is 2. The predicted octanol–water partition coefficient (Wildman–Crippen LogP) is 3.68. The first-order chi connectivity index (χ1) is 9.71. The fraction of sp³-hybridized carbons (Fsp3) is 0.600. The Hall–Kier alpha value is -0.640. The lowest BCUT2D eigenvalue weighted by molar-refractivity contribution is 0.261. The number of hydrogen-bond donors (Lipinski definition) is 1. The Morgan fingerprint density at radius 1 is 1.05 bits per heavy atom. The normalized spacial score (nSPS) is 11.4. The van der Waals surface area contributed by atoms with Gasteiger partial charge in [-0.2, -0.15) is 0 Å². The minimum absolute atomic E-state index is 0.216. The minimum atomic E-state index is -0.216. The van der Waals surface area contributed by atoms with Crippen LogP contribution in [0, 0.1) is 0 Å². The second kappa shape index (κ2) is 9.32. The van der Waals surface area contributed by atoms with E-state index in [0.717, 1.165) is 17.9 Å². The van der Waals surface area contributed by atoms with Crippen LogP contribution in [0.15, 0.2) is 24.3 Å². The summed E-state index contributed by atoms with van der Waals surface area (Å²) >= 11 is 12.0. The molecule has 0 spiro atoms. The average Bonchev–Trinajstić information content (AvgIpc) is 2.50. The Balaban J connectivity index is 2.45. The molecule has 20 heavy (non-hydrogen) atoms. The molecule has 1 aromatic carbocycles. The van der Waals surface area contributed by atoms with Crippen molar-refractivity contribution in [3.8, 4) is 11.5 Å². The fourth-order valence-corrected chi connectivity index (χ4v) is 2.62. The van der Waals surface area contributed by atoms with Crippen LogP contribution in [0.4, 0.5) is 0 Å². The van der Waals surface area contributed by atoms with Crippen LogP contribution in [0.1, 0.15) is 20.3 Å². The van der Waals surface area contributed by atoms with Gasteiger partial charge in [0.05, 0.1) is 6.61 Å². The maximum Gasteiger partial charge on any atom is 0.161 e. The van der Waals surface area contributed by atoms with Crippen molar-refractivity contribution in [2.45, 2.75) is 25.8 Å². The maximum atomic E-state index is 5.98. The molecule has 0 aromatic heterocycles. The Labute approximate surface area is 131 Å². The van der Waals surface area contributed by atoms with Crippen LogP contribution in [0.3, 0.4) is 0 Å². The molecular formula is C15H23Cl2NO2. The molecule has 5 heteroatoms. The third-order valence-corrected chi connectivity index (χ3v) is 4.22. The molecule has 3 nitrogen and oxygen atoms in total. The van der Waals surface area contributed by atoms with Crippen molar-refractivity contribution in [3.63, 3.8) is 0 Å². The van der Waals surface area contributed by atoms with Gasteiger partial charge in [-0.1, -0.05) is 19.1 Å². The largest absolute Gasteiger partial charge is 0.490 e. The van der Waals surface area contributed by atoms with Gasteiger partial charge in [0.15, 0.2) is 11.5 Å². The van der Waals surface area contributed by atoms with E-state index in [4.69, 9.17) is 32.7 Å². The van der Waals surface area contributed by atoms with Gasteiger partial charge in [0, 0.05) is 23.8 Å². The number of hydrogen-bond acceptors (Lipinski definition) is 3. The molecular weight excluding hydrogens is 297 g/mol. The summed E-state index contributed by atoms with van der Waals surface area (Å²) in [6.07, 6.45) is 0.884. The summed E-state index contributed by atoms with van der Waals surface area (Å²) in [6.45, 7) is 5.88. The van der Waals surface area contributed by atoms with E-state index in [0.29, 0.717) is 31.5 Å². The van der Waals surface area contributed by atoms with Gasteiger partial charge < -0.3 is 14.8 Å². The van der Waals surface area contributed by atoms with Gasteiger partial charge in [-0.25, -0.2) is 0 Å². The molecule has 0 aliphatic rings. The molecule has 1 N–H and O–H groups in total. The van der Waals surface area contributed by atoms with E-state index >= 15 is 0 Å². The molecule has 0 heterocycles. The quantitative estimate of drug-likeness (QED) is 0.527. The standard InChI is InChI=1S/C15H23Cl2NO2/c1-3-15(11-16,12-17)18-9-10-20-14-8-6-5-7-13(14)19-4-2/h5-8,18H,3-4,9-12H2,1-2H3. The van der Waals surface area contributed by atoms with Crippen molar-refractivity contribution in [1.29, 1.82) is 0 Å². The van der Waals surface area contributed by atoms with Crippen LogP contribution in [0.5, 0.6) is 11.5 Å². The number of ether oxygens (including phenoxy) is 2. The van der Waals surface area contributed by atoms with Gasteiger partial charge in [0.2, 0.25) is 0 Å². The monoisotopic (exact) mass is 319 g/mol. The topological polar surface area (TPSA) is 30.5 Å². The maximum absolute atomic E-state index is 5.98. The van der Waals surface area contributed by atoms with Crippen molar-refractivity contribution in [2.24, 2.45) is 0 Å². The van der Waals surface area contributed by atoms with Crippen LogP contribution in [0.25, 0.3) is 0 Å². The zero-order chi connectivity index (χ0) is 14.8. The van der Waals surface area contributed by atoms with Crippen LogP contribution in [0.2, 0.25) is 0 Å². The van der Waals surface area contributed by atoms with Gasteiger partial charge in [-0.3, -0.25) is 0 Å². The first kappa shape index (κ1) is 17.4. The number of benzene rings is 1. The summed E-state index contributed by atoms with van der Waals surface area (Å²) in [5.41, 5.74) is -0.216. The second-order valence-corrected chi connectivity index (χ2v) is 5.09. The molecule has 114 valence electrons. The molecule has 0 bridgehead atoms. The molecule has 0 radical (unpaired) electrons. The number of rotatable bonds is 10. The van der Waals surface area contributed by atoms with E-state index in [9.17, 15) is 0 Å². The molecule has 1 rings (SSSR count). The molecule has 0 atom stereocenters. The Kier molecular flexibility index (Phi) is 8.12.